The molecule has 1 fully saturated rings. The van der Waals surface area contributed by atoms with Gasteiger partial charge in [-0.2, -0.15) is 0 Å². The van der Waals surface area contributed by atoms with E-state index in [4.69, 9.17) is 4.74 Å². The predicted octanol–water partition coefficient (Wildman–Crippen LogP) is 1.44. The number of aromatic nitrogens is 1. The van der Waals surface area contributed by atoms with Crippen LogP contribution in [0, 0.1) is 5.82 Å². The molecule has 1 aromatic carbocycles. The second-order valence-corrected chi connectivity index (χ2v) is 5.81. The van der Waals surface area contributed by atoms with Gasteiger partial charge in [-0.3, -0.25) is 14.6 Å². The van der Waals surface area contributed by atoms with Gasteiger partial charge in [-0.25, -0.2) is 4.39 Å². The second-order valence-electron chi connectivity index (χ2n) is 5.81. The maximum Gasteiger partial charge on any atom is 0.251 e. The highest BCUT2D eigenvalue weighted by Gasteiger charge is 2.39. The summed E-state index contributed by atoms with van der Waals surface area (Å²) in [4.78, 5) is 30.0. The fourth-order valence-electron chi connectivity index (χ4n) is 2.78. The standard InChI is InChI=1S/C18H18FN3O3/c1-22-15(23)11-25-17(16(22)13-4-6-14(19)7-5-13)18(24)21-10-12-3-2-8-20-9-12/h2-9,16-17H,10-11H2,1H3,(H,21,24)/t16-,17+/m0/s1. The first-order valence-corrected chi connectivity index (χ1v) is 7.85. The lowest BCUT2D eigenvalue weighted by molar-refractivity contribution is -0.162. The van der Waals surface area contributed by atoms with Gasteiger partial charge in [0.15, 0.2) is 6.10 Å². The largest absolute Gasteiger partial charge is 0.356 e. The van der Waals surface area contributed by atoms with E-state index < -0.39 is 12.1 Å². The van der Waals surface area contributed by atoms with Gasteiger partial charge in [0.2, 0.25) is 5.91 Å². The van der Waals surface area contributed by atoms with Crippen LogP contribution in [0.4, 0.5) is 4.39 Å². The molecule has 2 aromatic rings. The number of hydrogen-bond donors (Lipinski definition) is 1. The summed E-state index contributed by atoms with van der Waals surface area (Å²) in [6, 6.07) is 8.73. The third-order valence-electron chi connectivity index (χ3n) is 4.14. The van der Waals surface area contributed by atoms with E-state index in [1.165, 1.54) is 17.0 Å². The van der Waals surface area contributed by atoms with Crippen molar-refractivity contribution < 1.29 is 18.7 Å². The normalized spacial score (nSPS) is 20.4. The highest BCUT2D eigenvalue weighted by Crippen LogP contribution is 2.29. The number of nitrogens with zero attached hydrogens (tertiary/aromatic N) is 2. The molecule has 1 aliphatic rings. The van der Waals surface area contributed by atoms with Crippen molar-refractivity contribution in [2.45, 2.75) is 18.7 Å². The van der Waals surface area contributed by atoms with Crippen molar-refractivity contribution in [2.24, 2.45) is 0 Å². The van der Waals surface area contributed by atoms with Crippen LogP contribution in [-0.2, 0) is 20.9 Å². The molecule has 0 aliphatic carbocycles. The van der Waals surface area contributed by atoms with Gasteiger partial charge < -0.3 is 15.0 Å². The van der Waals surface area contributed by atoms with E-state index in [0.29, 0.717) is 12.1 Å². The van der Waals surface area contributed by atoms with E-state index in [9.17, 15) is 14.0 Å². The quantitative estimate of drug-likeness (QED) is 0.912. The minimum atomic E-state index is -0.871. The zero-order chi connectivity index (χ0) is 17.8. The summed E-state index contributed by atoms with van der Waals surface area (Å²) in [5.41, 5.74) is 1.49. The highest BCUT2D eigenvalue weighted by molar-refractivity contribution is 5.86. The van der Waals surface area contributed by atoms with Crippen LogP contribution >= 0.6 is 0 Å². The molecule has 130 valence electrons. The fraction of sp³-hybridized carbons (Fsp3) is 0.278. The van der Waals surface area contributed by atoms with Gasteiger partial charge in [0, 0.05) is 26.0 Å². The Morgan fingerprint density at radius 2 is 2.12 bits per heavy atom. The van der Waals surface area contributed by atoms with Crippen molar-refractivity contribution >= 4 is 11.8 Å². The molecule has 0 radical (unpaired) electrons. The Labute approximate surface area is 144 Å². The van der Waals surface area contributed by atoms with Crippen LogP contribution in [-0.4, -0.2) is 41.5 Å². The van der Waals surface area contributed by atoms with Crippen molar-refractivity contribution in [3.8, 4) is 0 Å². The topological polar surface area (TPSA) is 71.5 Å². The number of morpholine rings is 1. The summed E-state index contributed by atoms with van der Waals surface area (Å²) in [6.07, 6.45) is 2.44. The van der Waals surface area contributed by atoms with Crippen LogP contribution in [0.3, 0.4) is 0 Å². The van der Waals surface area contributed by atoms with Gasteiger partial charge in [-0.05, 0) is 29.3 Å². The minimum absolute atomic E-state index is 0.167. The Hall–Kier alpha value is -2.80. The second kappa shape index (κ2) is 7.40. The van der Waals surface area contributed by atoms with Crippen LogP contribution in [0.25, 0.3) is 0 Å². The molecule has 2 atom stereocenters. The summed E-state index contributed by atoms with van der Waals surface area (Å²) in [5.74, 6) is -0.949. The molecular weight excluding hydrogens is 325 g/mol. The SMILES string of the molecule is CN1C(=O)CO[C@@H](C(=O)NCc2cccnc2)[C@@H]1c1ccc(F)cc1. The number of ether oxygens (including phenoxy) is 1. The van der Waals surface area contributed by atoms with E-state index in [1.807, 2.05) is 6.07 Å². The molecule has 7 heteroatoms. The molecule has 1 aliphatic heterocycles. The summed E-state index contributed by atoms with van der Waals surface area (Å²) in [5, 5.41) is 2.80. The fourth-order valence-corrected chi connectivity index (χ4v) is 2.78. The Kier molecular flexibility index (Phi) is 5.04. The Balaban J connectivity index is 1.78. The smallest absolute Gasteiger partial charge is 0.251 e. The van der Waals surface area contributed by atoms with Crippen LogP contribution < -0.4 is 5.32 Å². The molecule has 25 heavy (non-hydrogen) atoms. The number of nitrogens with one attached hydrogen (secondary N) is 1. The van der Waals surface area contributed by atoms with E-state index in [1.54, 1.807) is 37.6 Å². The average molecular weight is 343 g/mol. The molecular formula is C18H18FN3O3. The molecule has 1 aromatic heterocycles. The lowest BCUT2D eigenvalue weighted by Gasteiger charge is -2.38. The predicted molar refractivity (Wildman–Crippen MR) is 87.7 cm³/mol. The number of benzene rings is 1. The monoisotopic (exact) mass is 343 g/mol. The number of rotatable bonds is 4. The number of likely N-dealkylation sites (N-methyl/N-ethyl adjacent to an activating group) is 1. The Morgan fingerprint density at radius 1 is 1.36 bits per heavy atom. The van der Waals surface area contributed by atoms with Gasteiger partial charge in [0.1, 0.15) is 12.4 Å². The first-order chi connectivity index (χ1) is 12.1. The first-order valence-electron chi connectivity index (χ1n) is 7.85. The molecule has 0 spiro atoms. The van der Waals surface area contributed by atoms with Gasteiger partial charge in [0.05, 0.1) is 6.04 Å². The van der Waals surface area contributed by atoms with Crippen molar-refractivity contribution in [3.63, 3.8) is 0 Å². The first kappa shape index (κ1) is 17.0. The number of amides is 2. The van der Waals surface area contributed by atoms with Crippen LogP contribution in [0.2, 0.25) is 0 Å². The number of pyridine rings is 1. The van der Waals surface area contributed by atoms with Crippen molar-refractivity contribution in [1.82, 2.24) is 15.2 Å². The van der Waals surface area contributed by atoms with Crippen LogP contribution in [0.5, 0.6) is 0 Å². The highest BCUT2D eigenvalue weighted by atomic mass is 19.1. The third-order valence-corrected chi connectivity index (χ3v) is 4.14. The Bertz CT molecular complexity index is 752. The third kappa shape index (κ3) is 3.83. The van der Waals surface area contributed by atoms with Crippen LogP contribution in [0.1, 0.15) is 17.2 Å². The van der Waals surface area contributed by atoms with E-state index in [-0.39, 0.29) is 24.2 Å². The summed E-state index contributed by atoms with van der Waals surface area (Å²) in [6.45, 7) is 0.138. The molecule has 1 N–H and O–H groups in total. The maximum atomic E-state index is 13.2. The lowest BCUT2D eigenvalue weighted by atomic mass is 9.97. The zero-order valence-electron chi connectivity index (χ0n) is 13.7. The number of carbonyl (C=O) groups excluding carboxylic acids is 2. The minimum Gasteiger partial charge on any atom is -0.356 e. The Morgan fingerprint density at radius 3 is 2.80 bits per heavy atom. The lowest BCUT2D eigenvalue weighted by Crippen LogP contribution is -2.52. The molecule has 0 saturated carbocycles. The van der Waals surface area contributed by atoms with Gasteiger partial charge in [-0.1, -0.05) is 18.2 Å². The van der Waals surface area contributed by atoms with Gasteiger partial charge >= 0.3 is 0 Å². The molecule has 3 rings (SSSR count). The molecule has 6 nitrogen and oxygen atoms in total. The molecule has 0 unspecified atom stereocenters. The van der Waals surface area contributed by atoms with E-state index >= 15 is 0 Å². The molecule has 2 amide bonds. The summed E-state index contributed by atoms with van der Waals surface area (Å²) in [7, 11) is 1.61. The van der Waals surface area contributed by atoms with Crippen molar-refractivity contribution in [2.75, 3.05) is 13.7 Å². The maximum absolute atomic E-state index is 13.2. The van der Waals surface area contributed by atoms with Gasteiger partial charge in [0.25, 0.3) is 5.91 Å². The van der Waals surface area contributed by atoms with Crippen molar-refractivity contribution in [3.05, 3.63) is 65.7 Å². The number of halogens is 1. The summed E-state index contributed by atoms with van der Waals surface area (Å²) >= 11 is 0. The summed E-state index contributed by atoms with van der Waals surface area (Å²) < 4.78 is 18.7. The van der Waals surface area contributed by atoms with Crippen LogP contribution in [0.15, 0.2) is 48.8 Å². The number of carbonyl (C=O) groups is 2. The van der Waals surface area contributed by atoms with E-state index in [2.05, 4.69) is 10.3 Å². The van der Waals surface area contributed by atoms with E-state index in [0.717, 1.165) is 5.56 Å². The van der Waals surface area contributed by atoms with Crippen molar-refractivity contribution in [1.29, 1.82) is 0 Å². The number of hydrogen-bond acceptors (Lipinski definition) is 4. The molecule has 2 heterocycles. The average Bonchev–Trinajstić information content (AvgIpc) is 2.63. The van der Waals surface area contributed by atoms with Gasteiger partial charge in [-0.15, -0.1) is 0 Å². The zero-order valence-corrected chi connectivity index (χ0v) is 13.7. The molecule has 0 bridgehead atoms. The molecule has 1 saturated heterocycles.